The number of hydrogen-bond donors (Lipinski definition) is 1. The molecule has 2 heterocycles. The highest BCUT2D eigenvalue weighted by Crippen LogP contribution is 2.19. The Labute approximate surface area is 177 Å². The van der Waals surface area contributed by atoms with Crippen LogP contribution >= 0.6 is 0 Å². The molecule has 8 heteroatoms. The molecule has 164 valence electrons. The second kappa shape index (κ2) is 10.6. The Morgan fingerprint density at radius 1 is 0.867 bits per heavy atom. The molecule has 0 bridgehead atoms. The van der Waals surface area contributed by atoms with Gasteiger partial charge in [-0.2, -0.15) is 0 Å². The number of aliphatic carboxylic acids is 1. The Bertz CT molecular complexity index is 830. The van der Waals surface area contributed by atoms with Crippen LogP contribution < -0.4 is 9.47 Å². The normalized spacial score (nSPS) is 11.0. The summed E-state index contributed by atoms with van der Waals surface area (Å²) in [6.07, 6.45) is 3.11. The minimum absolute atomic E-state index is 0.345. The van der Waals surface area contributed by atoms with Crippen molar-refractivity contribution in [3.8, 4) is 11.5 Å². The molecular formula is C22H30N2O6. The Hall–Kier alpha value is -3.16. The van der Waals surface area contributed by atoms with Crippen LogP contribution in [0.15, 0.2) is 36.7 Å². The number of esters is 1. The van der Waals surface area contributed by atoms with Crippen molar-refractivity contribution in [2.45, 2.75) is 59.7 Å². The lowest BCUT2D eigenvalue weighted by atomic mass is 10.1. The van der Waals surface area contributed by atoms with E-state index in [2.05, 4.69) is 9.97 Å². The number of aromatic nitrogens is 2. The van der Waals surface area contributed by atoms with E-state index in [0.29, 0.717) is 18.1 Å². The molecule has 30 heavy (non-hydrogen) atoms. The van der Waals surface area contributed by atoms with Gasteiger partial charge in [0.05, 0.1) is 19.0 Å². The first-order valence-corrected chi connectivity index (χ1v) is 9.51. The molecule has 0 fully saturated rings. The van der Waals surface area contributed by atoms with Crippen LogP contribution in [0, 0.1) is 13.8 Å². The first-order valence-electron chi connectivity index (χ1n) is 9.51. The third kappa shape index (κ3) is 8.06. The quantitative estimate of drug-likeness (QED) is 0.678. The zero-order chi connectivity index (χ0) is 22.9. The molecule has 0 radical (unpaired) electrons. The average molecular weight is 418 g/mol. The summed E-state index contributed by atoms with van der Waals surface area (Å²) in [6, 6.07) is 7.08. The first-order chi connectivity index (χ1) is 13.9. The fourth-order valence-electron chi connectivity index (χ4n) is 2.01. The van der Waals surface area contributed by atoms with Crippen molar-refractivity contribution in [3.63, 3.8) is 0 Å². The Balaban J connectivity index is 0.000000303. The number of ether oxygens (including phenoxy) is 3. The highest BCUT2D eigenvalue weighted by Gasteiger charge is 2.31. The van der Waals surface area contributed by atoms with Gasteiger partial charge >= 0.3 is 11.9 Å². The number of carbonyl (C=O) groups excluding carboxylic acids is 1. The van der Waals surface area contributed by atoms with Crippen molar-refractivity contribution in [2.24, 2.45) is 0 Å². The van der Waals surface area contributed by atoms with Crippen LogP contribution in [-0.4, -0.2) is 44.8 Å². The van der Waals surface area contributed by atoms with Gasteiger partial charge in [0.1, 0.15) is 11.5 Å². The molecule has 2 aromatic heterocycles. The fraction of sp³-hybridized carbons (Fsp3) is 0.455. The van der Waals surface area contributed by atoms with Gasteiger partial charge < -0.3 is 19.3 Å². The summed E-state index contributed by atoms with van der Waals surface area (Å²) in [6.45, 7) is 12.2. The van der Waals surface area contributed by atoms with Gasteiger partial charge in [0, 0.05) is 11.4 Å². The molecular weight excluding hydrogens is 388 g/mol. The molecule has 2 aromatic rings. The van der Waals surface area contributed by atoms with Crippen LogP contribution in [0.3, 0.4) is 0 Å². The number of pyridine rings is 2. The van der Waals surface area contributed by atoms with E-state index in [1.807, 2.05) is 19.9 Å². The Morgan fingerprint density at radius 3 is 1.63 bits per heavy atom. The average Bonchev–Trinajstić information content (AvgIpc) is 2.66. The molecule has 0 saturated carbocycles. The van der Waals surface area contributed by atoms with E-state index >= 15 is 0 Å². The van der Waals surface area contributed by atoms with Crippen molar-refractivity contribution < 1.29 is 28.9 Å². The predicted octanol–water partition coefficient (Wildman–Crippen LogP) is 3.74. The van der Waals surface area contributed by atoms with Gasteiger partial charge in [-0.05, 0) is 72.7 Å². The molecule has 1 N–H and O–H groups in total. The van der Waals surface area contributed by atoms with Gasteiger partial charge in [0.2, 0.25) is 0 Å². The lowest BCUT2D eigenvalue weighted by molar-refractivity contribution is -0.158. The molecule has 0 unspecified atom stereocenters. The molecule has 8 nitrogen and oxygen atoms in total. The summed E-state index contributed by atoms with van der Waals surface area (Å²) < 4.78 is 15.7. The van der Waals surface area contributed by atoms with Gasteiger partial charge in [0.15, 0.2) is 11.2 Å². The zero-order valence-electron chi connectivity index (χ0n) is 18.6. The number of aryl methyl sites for hydroxylation is 2. The van der Waals surface area contributed by atoms with Crippen molar-refractivity contribution in [1.29, 1.82) is 0 Å². The minimum atomic E-state index is -1.23. The van der Waals surface area contributed by atoms with E-state index in [0.717, 1.165) is 11.4 Å². The summed E-state index contributed by atoms with van der Waals surface area (Å²) in [7, 11) is 0. The predicted molar refractivity (Wildman–Crippen MR) is 112 cm³/mol. The minimum Gasteiger partial charge on any atom is -0.478 e. The van der Waals surface area contributed by atoms with Crippen LogP contribution in [0.25, 0.3) is 0 Å². The van der Waals surface area contributed by atoms with Gasteiger partial charge in [-0.3, -0.25) is 9.97 Å². The second-order valence-electron chi connectivity index (χ2n) is 7.52. The van der Waals surface area contributed by atoms with Crippen molar-refractivity contribution >= 4 is 11.9 Å². The lowest BCUT2D eigenvalue weighted by Gasteiger charge is -2.23. The van der Waals surface area contributed by atoms with E-state index in [1.165, 1.54) is 20.0 Å². The van der Waals surface area contributed by atoms with Crippen LogP contribution in [0.1, 0.15) is 46.0 Å². The molecule has 0 saturated heterocycles. The number of carbonyl (C=O) groups is 2. The van der Waals surface area contributed by atoms with Gasteiger partial charge in [-0.25, -0.2) is 9.59 Å². The molecule has 0 aromatic carbocycles. The summed E-state index contributed by atoms with van der Waals surface area (Å²) >= 11 is 0. The van der Waals surface area contributed by atoms with E-state index in [-0.39, 0.29) is 5.97 Å². The summed E-state index contributed by atoms with van der Waals surface area (Å²) in [5.41, 5.74) is -0.448. The SMILES string of the molecule is CCOC(=O)C(C)(C)Oc1ccc(C)nc1.Cc1ccc(OC(C)(C)C(=O)O)cn1. The molecule has 0 aliphatic rings. The van der Waals surface area contributed by atoms with E-state index in [1.54, 1.807) is 45.2 Å². The number of hydrogen-bond acceptors (Lipinski definition) is 7. The number of rotatable bonds is 7. The van der Waals surface area contributed by atoms with Gasteiger partial charge in [-0.1, -0.05) is 0 Å². The highest BCUT2D eigenvalue weighted by molar-refractivity contribution is 5.79. The Morgan fingerprint density at radius 2 is 1.30 bits per heavy atom. The maximum atomic E-state index is 11.6. The third-order valence-corrected chi connectivity index (χ3v) is 3.80. The van der Waals surface area contributed by atoms with Crippen LogP contribution in [0.2, 0.25) is 0 Å². The molecule has 0 amide bonds. The molecule has 0 atom stereocenters. The van der Waals surface area contributed by atoms with Crippen molar-refractivity contribution in [3.05, 3.63) is 48.0 Å². The molecule has 0 aliphatic heterocycles. The maximum absolute atomic E-state index is 11.6. The largest absolute Gasteiger partial charge is 0.478 e. The Kier molecular flexibility index (Phi) is 8.76. The van der Waals surface area contributed by atoms with Crippen LogP contribution in [-0.2, 0) is 14.3 Å². The standard InChI is InChI=1S/C12H17NO3.C10H13NO3/c1-5-15-11(14)12(3,4)16-10-7-6-9(2)13-8-10;1-7-4-5-8(6-11-7)14-10(2,3)9(12)13/h6-8H,5H2,1-4H3;4-6H,1-3H3,(H,12,13). The zero-order valence-corrected chi connectivity index (χ0v) is 18.6. The smallest absolute Gasteiger partial charge is 0.349 e. The van der Waals surface area contributed by atoms with E-state index < -0.39 is 17.2 Å². The first kappa shape index (κ1) is 24.9. The van der Waals surface area contributed by atoms with E-state index in [4.69, 9.17) is 19.3 Å². The lowest BCUT2D eigenvalue weighted by Crippen LogP contribution is -2.39. The van der Waals surface area contributed by atoms with Gasteiger partial charge in [-0.15, -0.1) is 0 Å². The van der Waals surface area contributed by atoms with Crippen molar-refractivity contribution in [1.82, 2.24) is 9.97 Å². The number of nitrogens with zero attached hydrogens (tertiary/aromatic N) is 2. The highest BCUT2D eigenvalue weighted by atomic mass is 16.6. The van der Waals surface area contributed by atoms with Gasteiger partial charge in [0.25, 0.3) is 0 Å². The summed E-state index contributed by atoms with van der Waals surface area (Å²) in [5.74, 6) is -0.361. The molecule has 0 aliphatic carbocycles. The fourth-order valence-corrected chi connectivity index (χ4v) is 2.01. The third-order valence-electron chi connectivity index (χ3n) is 3.80. The number of carboxylic acids is 1. The summed E-state index contributed by atoms with van der Waals surface area (Å²) in [5, 5.41) is 8.81. The topological polar surface area (TPSA) is 108 Å². The van der Waals surface area contributed by atoms with E-state index in [9.17, 15) is 9.59 Å². The van der Waals surface area contributed by atoms with Crippen LogP contribution in [0.4, 0.5) is 0 Å². The number of carboxylic acid groups (broad SMARTS) is 1. The van der Waals surface area contributed by atoms with Crippen molar-refractivity contribution in [2.75, 3.05) is 6.61 Å². The molecule has 2 rings (SSSR count). The molecule has 0 spiro atoms. The maximum Gasteiger partial charge on any atom is 0.349 e. The monoisotopic (exact) mass is 418 g/mol. The van der Waals surface area contributed by atoms with Crippen LogP contribution in [0.5, 0.6) is 11.5 Å². The second-order valence-corrected chi connectivity index (χ2v) is 7.52. The summed E-state index contributed by atoms with van der Waals surface area (Å²) in [4.78, 5) is 30.4.